The lowest BCUT2D eigenvalue weighted by Gasteiger charge is -2.35. The van der Waals surface area contributed by atoms with E-state index in [0.29, 0.717) is 17.1 Å². The van der Waals surface area contributed by atoms with Gasteiger partial charge in [-0.2, -0.15) is 0 Å². The Hall–Kier alpha value is -1.43. The number of hydrogen-bond acceptors (Lipinski definition) is 3. The maximum Gasteiger partial charge on any atom is 0.292 e. The molecule has 2 fully saturated rings. The number of carbonyl (C=O) groups is 2. The summed E-state index contributed by atoms with van der Waals surface area (Å²) in [6.07, 6.45) is 4.14. The lowest BCUT2D eigenvalue weighted by Crippen LogP contribution is -3.20. The van der Waals surface area contributed by atoms with Crippen molar-refractivity contribution < 1.29 is 19.6 Å². The maximum absolute atomic E-state index is 12.8. The third-order valence-electron chi connectivity index (χ3n) is 4.95. The van der Waals surface area contributed by atoms with Crippen LogP contribution in [-0.2, 0) is 9.59 Å². The molecule has 0 radical (unpaired) electrons. The summed E-state index contributed by atoms with van der Waals surface area (Å²) in [5.41, 5.74) is 0.585. The van der Waals surface area contributed by atoms with E-state index < -0.39 is 0 Å². The fourth-order valence-corrected chi connectivity index (χ4v) is 3.96. The number of nitrogens with zero attached hydrogens (tertiary/aromatic N) is 1. The van der Waals surface area contributed by atoms with Crippen LogP contribution in [0.5, 0.6) is 0 Å². The van der Waals surface area contributed by atoms with Gasteiger partial charge in [-0.3, -0.25) is 9.59 Å². The number of likely N-dealkylation sites (tertiary alicyclic amines) is 1. The van der Waals surface area contributed by atoms with Gasteiger partial charge in [-0.25, -0.2) is 4.90 Å². The SMILES string of the molecule is O=C1C[C@@H]([NH+]2CCCC[C@H]2CCO)C(=O)N1c1ccc(Cl)cc1. The molecule has 0 bridgehead atoms. The van der Waals surface area contributed by atoms with Crippen LogP contribution >= 0.6 is 11.6 Å². The van der Waals surface area contributed by atoms with Crippen LogP contribution in [0, 0.1) is 0 Å². The van der Waals surface area contributed by atoms with Gasteiger partial charge in [0.05, 0.1) is 24.7 Å². The molecule has 5 nitrogen and oxygen atoms in total. The molecule has 2 aliphatic rings. The second-order valence-corrected chi connectivity index (χ2v) is 6.77. The first kappa shape index (κ1) is 16.4. The summed E-state index contributed by atoms with van der Waals surface area (Å²) in [7, 11) is 0. The van der Waals surface area contributed by atoms with Crippen molar-refractivity contribution >= 4 is 29.1 Å². The van der Waals surface area contributed by atoms with Crippen molar-refractivity contribution in [1.29, 1.82) is 0 Å². The Bertz CT molecular complexity index is 588. The first-order chi connectivity index (χ1) is 11.1. The number of piperidine rings is 1. The molecule has 1 aromatic rings. The number of rotatable bonds is 4. The van der Waals surface area contributed by atoms with Gasteiger partial charge in [-0.15, -0.1) is 0 Å². The molecule has 0 spiro atoms. The van der Waals surface area contributed by atoms with Crippen LogP contribution in [0.25, 0.3) is 0 Å². The Morgan fingerprint density at radius 1 is 1.22 bits per heavy atom. The van der Waals surface area contributed by atoms with E-state index in [9.17, 15) is 14.7 Å². The second-order valence-electron chi connectivity index (χ2n) is 6.33. The number of benzene rings is 1. The number of hydrogen-bond donors (Lipinski definition) is 2. The fourth-order valence-electron chi connectivity index (χ4n) is 3.84. The van der Waals surface area contributed by atoms with Gasteiger partial charge in [-0.1, -0.05) is 11.6 Å². The number of nitrogens with one attached hydrogen (secondary N) is 1. The van der Waals surface area contributed by atoms with Gasteiger partial charge in [-0.05, 0) is 43.5 Å². The summed E-state index contributed by atoms with van der Waals surface area (Å²) in [6.45, 7) is 1.02. The van der Waals surface area contributed by atoms with Crippen LogP contribution in [-0.4, -0.2) is 42.2 Å². The van der Waals surface area contributed by atoms with Crippen molar-refractivity contribution in [3.63, 3.8) is 0 Å². The predicted octanol–water partition coefficient (Wildman–Crippen LogP) is 0.792. The molecule has 3 atom stereocenters. The monoisotopic (exact) mass is 337 g/mol. The molecule has 2 aliphatic heterocycles. The smallest absolute Gasteiger partial charge is 0.292 e. The molecule has 23 heavy (non-hydrogen) atoms. The largest absolute Gasteiger partial charge is 0.396 e. The highest BCUT2D eigenvalue weighted by atomic mass is 35.5. The van der Waals surface area contributed by atoms with Crippen molar-refractivity contribution in [2.75, 3.05) is 18.1 Å². The molecule has 0 saturated carbocycles. The van der Waals surface area contributed by atoms with E-state index in [1.165, 1.54) is 9.80 Å². The Balaban J connectivity index is 1.81. The van der Waals surface area contributed by atoms with Crippen LogP contribution in [0.15, 0.2) is 24.3 Å². The average molecular weight is 338 g/mol. The van der Waals surface area contributed by atoms with Gasteiger partial charge in [0.25, 0.3) is 5.91 Å². The zero-order chi connectivity index (χ0) is 16.4. The van der Waals surface area contributed by atoms with Gasteiger partial charge in [0, 0.05) is 18.1 Å². The quantitative estimate of drug-likeness (QED) is 0.799. The topological polar surface area (TPSA) is 62.1 Å². The summed E-state index contributed by atoms with van der Waals surface area (Å²) in [5.74, 6) is -0.277. The van der Waals surface area contributed by atoms with Gasteiger partial charge >= 0.3 is 0 Å². The molecule has 6 heteroatoms. The first-order valence-electron chi connectivity index (χ1n) is 8.20. The number of imide groups is 1. The third kappa shape index (κ3) is 3.27. The highest BCUT2D eigenvalue weighted by Gasteiger charge is 2.48. The van der Waals surface area contributed by atoms with E-state index in [1.807, 2.05) is 0 Å². The van der Waals surface area contributed by atoms with Crippen molar-refractivity contribution in [3.8, 4) is 0 Å². The Kier molecular flexibility index (Phi) is 4.99. The van der Waals surface area contributed by atoms with E-state index >= 15 is 0 Å². The Labute approximate surface area is 140 Å². The van der Waals surface area contributed by atoms with Crippen molar-refractivity contribution in [2.45, 2.75) is 44.2 Å². The second kappa shape index (κ2) is 6.99. The predicted molar refractivity (Wildman–Crippen MR) is 87.5 cm³/mol. The van der Waals surface area contributed by atoms with Gasteiger partial charge < -0.3 is 10.0 Å². The van der Waals surface area contributed by atoms with E-state index in [0.717, 1.165) is 25.8 Å². The van der Waals surface area contributed by atoms with E-state index in [2.05, 4.69) is 0 Å². The van der Waals surface area contributed by atoms with Crippen LogP contribution in [0.3, 0.4) is 0 Å². The van der Waals surface area contributed by atoms with Crippen molar-refractivity contribution in [2.24, 2.45) is 0 Å². The van der Waals surface area contributed by atoms with E-state index in [4.69, 9.17) is 11.6 Å². The maximum atomic E-state index is 12.8. The highest BCUT2D eigenvalue weighted by molar-refractivity contribution is 6.30. The summed E-state index contributed by atoms with van der Waals surface area (Å²) >= 11 is 5.88. The Morgan fingerprint density at radius 3 is 2.65 bits per heavy atom. The normalized spacial score (nSPS) is 28.4. The van der Waals surface area contributed by atoms with Gasteiger partial charge in [0.2, 0.25) is 5.91 Å². The van der Waals surface area contributed by atoms with Crippen LogP contribution in [0.4, 0.5) is 5.69 Å². The number of aliphatic hydroxyl groups excluding tert-OH is 1. The summed E-state index contributed by atoms with van der Waals surface area (Å²) in [5, 5.41) is 9.84. The molecular formula is C17H22ClN2O3+. The molecule has 1 unspecified atom stereocenters. The molecular weight excluding hydrogens is 316 g/mol. The average Bonchev–Trinajstić information content (AvgIpc) is 2.84. The molecule has 2 N–H and O–H groups in total. The van der Waals surface area contributed by atoms with Gasteiger partial charge in [0.1, 0.15) is 0 Å². The molecule has 0 aromatic heterocycles. The number of quaternary nitrogens is 1. The lowest BCUT2D eigenvalue weighted by atomic mass is 9.97. The number of aliphatic hydroxyl groups is 1. The number of carbonyl (C=O) groups excluding carboxylic acids is 2. The summed E-state index contributed by atoms with van der Waals surface area (Å²) in [6, 6.07) is 6.73. The van der Waals surface area contributed by atoms with Gasteiger partial charge in [0.15, 0.2) is 6.04 Å². The third-order valence-corrected chi connectivity index (χ3v) is 5.20. The molecule has 2 heterocycles. The minimum atomic E-state index is -0.324. The molecule has 2 saturated heterocycles. The molecule has 0 aliphatic carbocycles. The molecule has 2 amide bonds. The van der Waals surface area contributed by atoms with E-state index in [1.54, 1.807) is 24.3 Å². The minimum absolute atomic E-state index is 0.128. The number of anilines is 1. The molecule has 3 rings (SSSR count). The molecule has 1 aromatic carbocycles. The number of amides is 2. The zero-order valence-corrected chi connectivity index (χ0v) is 13.8. The van der Waals surface area contributed by atoms with Crippen LogP contribution < -0.4 is 9.80 Å². The minimum Gasteiger partial charge on any atom is -0.396 e. The fraction of sp³-hybridized carbons (Fsp3) is 0.529. The van der Waals surface area contributed by atoms with E-state index in [-0.39, 0.29) is 36.9 Å². The first-order valence-corrected chi connectivity index (χ1v) is 8.58. The summed E-state index contributed by atoms with van der Waals surface area (Å²) < 4.78 is 0. The molecule has 124 valence electrons. The standard InChI is InChI=1S/C17H21ClN2O3/c18-12-4-6-14(7-5-12)20-16(22)11-15(17(20)23)19-9-2-1-3-13(19)8-10-21/h4-7,13,15,21H,1-3,8-11H2/p+1/t13-,15+/m0/s1. The summed E-state index contributed by atoms with van der Waals surface area (Å²) in [4.78, 5) is 27.7. The number of halogens is 1. The Morgan fingerprint density at radius 2 is 1.96 bits per heavy atom. The lowest BCUT2D eigenvalue weighted by molar-refractivity contribution is -0.945. The van der Waals surface area contributed by atoms with Crippen molar-refractivity contribution in [3.05, 3.63) is 29.3 Å². The van der Waals surface area contributed by atoms with Crippen LogP contribution in [0.2, 0.25) is 5.02 Å². The zero-order valence-electron chi connectivity index (χ0n) is 13.0. The van der Waals surface area contributed by atoms with Crippen LogP contribution in [0.1, 0.15) is 32.1 Å². The van der Waals surface area contributed by atoms with Crippen molar-refractivity contribution in [1.82, 2.24) is 0 Å². The highest BCUT2D eigenvalue weighted by Crippen LogP contribution is 2.24.